The summed E-state index contributed by atoms with van der Waals surface area (Å²) in [6, 6.07) is 10.5. The van der Waals surface area contributed by atoms with Crippen molar-refractivity contribution in [3.8, 4) is 11.1 Å². The van der Waals surface area contributed by atoms with Crippen LogP contribution in [0.1, 0.15) is 12.7 Å². The third kappa shape index (κ3) is 4.28. The van der Waals surface area contributed by atoms with E-state index in [1.807, 2.05) is 11.0 Å². The molecule has 0 N–H and O–H groups in total. The molecule has 0 aliphatic carbocycles. The maximum atomic E-state index is 11.8. The van der Waals surface area contributed by atoms with Gasteiger partial charge in [0.15, 0.2) is 0 Å². The number of hydrogen-bond acceptors (Lipinski definition) is 7. The van der Waals surface area contributed by atoms with E-state index in [2.05, 4.69) is 39.4 Å². The molecule has 1 amide bonds. The lowest BCUT2D eigenvalue weighted by Gasteiger charge is -2.35. The van der Waals surface area contributed by atoms with Gasteiger partial charge in [-0.3, -0.25) is 9.69 Å². The first-order valence-electron chi connectivity index (χ1n) is 10.8. The molecule has 0 spiro atoms. The second-order valence-corrected chi connectivity index (χ2v) is 8.90. The van der Waals surface area contributed by atoms with Crippen molar-refractivity contribution in [2.45, 2.75) is 13.5 Å². The van der Waals surface area contributed by atoms with Gasteiger partial charge in [-0.25, -0.2) is 9.97 Å². The average Bonchev–Trinajstić information content (AvgIpc) is 3.24. The summed E-state index contributed by atoms with van der Waals surface area (Å²) in [5, 5.41) is 3.32. The molecule has 162 valence electrons. The van der Waals surface area contributed by atoms with E-state index in [0.29, 0.717) is 0 Å². The van der Waals surface area contributed by atoms with Gasteiger partial charge in [0.1, 0.15) is 16.5 Å². The smallest absolute Gasteiger partial charge is 0.219 e. The number of hydrogen-bond donors (Lipinski definition) is 0. The van der Waals surface area contributed by atoms with Crippen LogP contribution in [-0.2, 0) is 16.1 Å². The number of aromatic nitrogens is 2. The Balaban J connectivity index is 1.54. The van der Waals surface area contributed by atoms with Crippen LogP contribution in [0.3, 0.4) is 0 Å². The van der Waals surface area contributed by atoms with Gasteiger partial charge in [0.25, 0.3) is 0 Å². The fourth-order valence-corrected chi connectivity index (χ4v) is 5.25. The first kappa shape index (κ1) is 20.4. The van der Waals surface area contributed by atoms with Crippen LogP contribution in [0.4, 0.5) is 5.82 Å². The lowest BCUT2D eigenvalue weighted by molar-refractivity contribution is -0.129. The molecule has 2 saturated heterocycles. The van der Waals surface area contributed by atoms with Crippen molar-refractivity contribution >= 4 is 33.3 Å². The Morgan fingerprint density at radius 2 is 1.77 bits per heavy atom. The zero-order valence-electron chi connectivity index (χ0n) is 17.8. The first-order chi connectivity index (χ1) is 15.2. The number of amides is 1. The highest BCUT2D eigenvalue weighted by Crippen LogP contribution is 2.38. The molecule has 3 aromatic rings. The van der Waals surface area contributed by atoms with Crippen molar-refractivity contribution in [3.05, 3.63) is 41.5 Å². The number of fused-ring (bicyclic) bond motifs is 1. The third-order valence-electron chi connectivity index (χ3n) is 6.04. The Morgan fingerprint density at radius 1 is 1.03 bits per heavy atom. The summed E-state index contributed by atoms with van der Waals surface area (Å²) in [6.45, 7) is 8.75. The lowest BCUT2D eigenvalue weighted by atomic mass is 10.1. The predicted molar refractivity (Wildman–Crippen MR) is 123 cm³/mol. The Morgan fingerprint density at radius 3 is 2.48 bits per heavy atom. The minimum atomic E-state index is 0.140. The summed E-state index contributed by atoms with van der Waals surface area (Å²) >= 11 is 1.68. The van der Waals surface area contributed by atoms with E-state index in [9.17, 15) is 4.79 Å². The van der Waals surface area contributed by atoms with Crippen LogP contribution in [0.2, 0.25) is 0 Å². The third-order valence-corrected chi connectivity index (χ3v) is 6.91. The Bertz CT molecular complexity index is 1060. The number of piperazine rings is 1. The molecule has 1 aromatic carbocycles. The molecule has 2 fully saturated rings. The van der Waals surface area contributed by atoms with Gasteiger partial charge < -0.3 is 14.5 Å². The van der Waals surface area contributed by atoms with Crippen LogP contribution in [0.5, 0.6) is 0 Å². The van der Waals surface area contributed by atoms with Crippen molar-refractivity contribution in [2.24, 2.45) is 0 Å². The number of rotatable bonds is 4. The molecule has 2 aliphatic rings. The Labute approximate surface area is 186 Å². The summed E-state index contributed by atoms with van der Waals surface area (Å²) in [5.74, 6) is 2.00. The zero-order valence-corrected chi connectivity index (χ0v) is 18.6. The molecule has 2 aliphatic heterocycles. The van der Waals surface area contributed by atoms with E-state index in [0.717, 1.165) is 80.9 Å². The minimum absolute atomic E-state index is 0.140. The summed E-state index contributed by atoms with van der Waals surface area (Å²) in [7, 11) is 0. The van der Waals surface area contributed by atoms with Crippen molar-refractivity contribution in [3.63, 3.8) is 0 Å². The van der Waals surface area contributed by atoms with E-state index >= 15 is 0 Å². The fraction of sp³-hybridized carbons (Fsp3) is 0.435. The van der Waals surface area contributed by atoms with Crippen LogP contribution >= 0.6 is 11.3 Å². The molecular weight excluding hydrogens is 410 g/mol. The second-order valence-electron chi connectivity index (χ2n) is 8.04. The van der Waals surface area contributed by atoms with Crippen LogP contribution in [0, 0.1) is 0 Å². The molecule has 31 heavy (non-hydrogen) atoms. The standard InChI is InChI=1S/C23H27N5O2S/c1-17(29)27-7-9-28(10-8-27)22-21-19(18-5-3-2-4-6-18)16-31-23(21)25-20(24-22)15-26-11-13-30-14-12-26/h2-6,16H,7-15H2,1H3. The first-order valence-corrected chi connectivity index (χ1v) is 11.7. The van der Waals surface area contributed by atoms with Crippen LogP contribution in [0.25, 0.3) is 21.3 Å². The van der Waals surface area contributed by atoms with Crippen molar-refractivity contribution in [1.29, 1.82) is 0 Å². The van der Waals surface area contributed by atoms with Gasteiger partial charge in [-0.15, -0.1) is 11.3 Å². The Hall–Kier alpha value is -2.55. The monoisotopic (exact) mass is 437 g/mol. The summed E-state index contributed by atoms with van der Waals surface area (Å²) in [6.07, 6.45) is 0. The quantitative estimate of drug-likeness (QED) is 0.626. The van der Waals surface area contributed by atoms with Crippen molar-refractivity contribution < 1.29 is 9.53 Å². The van der Waals surface area contributed by atoms with Crippen molar-refractivity contribution in [1.82, 2.24) is 19.8 Å². The summed E-state index contributed by atoms with van der Waals surface area (Å²) in [4.78, 5) is 29.4. The highest BCUT2D eigenvalue weighted by Gasteiger charge is 2.25. The van der Waals surface area contributed by atoms with Gasteiger partial charge >= 0.3 is 0 Å². The van der Waals surface area contributed by atoms with E-state index in [1.54, 1.807) is 18.3 Å². The number of morpholine rings is 1. The minimum Gasteiger partial charge on any atom is -0.379 e. The number of ether oxygens (including phenoxy) is 1. The average molecular weight is 438 g/mol. The highest BCUT2D eigenvalue weighted by molar-refractivity contribution is 7.17. The summed E-state index contributed by atoms with van der Waals surface area (Å²) < 4.78 is 5.49. The molecule has 0 atom stereocenters. The summed E-state index contributed by atoms with van der Waals surface area (Å²) in [5.41, 5.74) is 2.37. The van der Waals surface area contributed by atoms with Gasteiger partial charge in [-0.1, -0.05) is 30.3 Å². The zero-order chi connectivity index (χ0) is 21.2. The van der Waals surface area contributed by atoms with Crippen LogP contribution < -0.4 is 4.90 Å². The van der Waals surface area contributed by atoms with E-state index < -0.39 is 0 Å². The molecule has 4 heterocycles. The number of thiophene rings is 1. The molecule has 0 bridgehead atoms. The maximum absolute atomic E-state index is 11.8. The number of carbonyl (C=O) groups excluding carboxylic acids is 1. The topological polar surface area (TPSA) is 61.8 Å². The van der Waals surface area contributed by atoms with Crippen LogP contribution in [-0.4, -0.2) is 78.2 Å². The van der Waals surface area contributed by atoms with Gasteiger partial charge in [-0.05, 0) is 5.56 Å². The molecule has 8 heteroatoms. The largest absolute Gasteiger partial charge is 0.379 e. The molecule has 0 saturated carbocycles. The molecule has 2 aromatic heterocycles. The van der Waals surface area contributed by atoms with E-state index in [1.165, 1.54) is 11.1 Å². The van der Waals surface area contributed by atoms with Crippen LogP contribution in [0.15, 0.2) is 35.7 Å². The molecule has 5 rings (SSSR count). The number of anilines is 1. The molecular formula is C23H27N5O2S. The SMILES string of the molecule is CC(=O)N1CCN(c2nc(CN3CCOCC3)nc3scc(-c4ccccc4)c23)CC1. The van der Waals surface area contributed by atoms with Gasteiger partial charge in [-0.2, -0.15) is 0 Å². The van der Waals surface area contributed by atoms with Gasteiger partial charge in [0, 0.05) is 57.1 Å². The fourth-order valence-electron chi connectivity index (χ4n) is 4.29. The molecule has 0 radical (unpaired) electrons. The molecule has 7 nitrogen and oxygen atoms in total. The van der Waals surface area contributed by atoms with E-state index in [4.69, 9.17) is 14.7 Å². The second kappa shape index (κ2) is 8.90. The number of nitrogens with zero attached hydrogens (tertiary/aromatic N) is 5. The molecule has 0 unspecified atom stereocenters. The number of benzene rings is 1. The van der Waals surface area contributed by atoms with E-state index in [-0.39, 0.29) is 5.91 Å². The Kier molecular flexibility index (Phi) is 5.85. The lowest BCUT2D eigenvalue weighted by Crippen LogP contribution is -2.48. The predicted octanol–water partition coefficient (Wildman–Crippen LogP) is 2.86. The van der Waals surface area contributed by atoms with Gasteiger partial charge in [0.05, 0.1) is 25.1 Å². The maximum Gasteiger partial charge on any atom is 0.219 e. The van der Waals surface area contributed by atoms with Gasteiger partial charge in [0.2, 0.25) is 5.91 Å². The number of carbonyl (C=O) groups is 1. The highest BCUT2D eigenvalue weighted by atomic mass is 32.1. The normalized spacial score (nSPS) is 18.0. The van der Waals surface area contributed by atoms with Crippen molar-refractivity contribution in [2.75, 3.05) is 57.4 Å².